The van der Waals surface area contributed by atoms with E-state index >= 15 is 0 Å². The number of hydrogen-bond donors (Lipinski definition) is 0. The van der Waals surface area contributed by atoms with Gasteiger partial charge in [-0.15, -0.1) is 0 Å². The van der Waals surface area contributed by atoms with E-state index in [4.69, 9.17) is 0 Å². The molecular formula is C12H15IN2O2S. The molecule has 98 valence electrons. The fraction of sp³-hybridized carbons (Fsp3) is 0.500. The number of hydrogen-bond acceptors (Lipinski definition) is 3. The summed E-state index contributed by atoms with van der Waals surface area (Å²) < 4.78 is 27.8. The summed E-state index contributed by atoms with van der Waals surface area (Å²) in [6, 6.07) is 7.64. The Morgan fingerprint density at radius 2 is 1.83 bits per heavy atom. The van der Waals surface area contributed by atoms with E-state index in [2.05, 4.69) is 34.5 Å². The van der Waals surface area contributed by atoms with Gasteiger partial charge in [0, 0.05) is 28.7 Å². The molecule has 2 fully saturated rings. The van der Waals surface area contributed by atoms with E-state index in [-0.39, 0.29) is 6.04 Å². The summed E-state index contributed by atoms with van der Waals surface area (Å²) in [5.41, 5.74) is 0. The molecule has 3 rings (SSSR count). The fourth-order valence-electron chi connectivity index (χ4n) is 2.87. The number of likely N-dealkylation sites (N-methyl/N-ethyl adjacent to an activating group) is 1. The molecule has 2 unspecified atom stereocenters. The minimum Gasteiger partial charge on any atom is -0.300 e. The molecule has 0 amide bonds. The molecule has 2 aliphatic heterocycles. The highest BCUT2D eigenvalue weighted by Crippen LogP contribution is 2.33. The molecule has 4 nitrogen and oxygen atoms in total. The van der Waals surface area contributed by atoms with Crippen LogP contribution in [-0.4, -0.2) is 49.8 Å². The second-order valence-electron chi connectivity index (χ2n) is 5.01. The molecule has 0 radical (unpaired) electrons. The van der Waals surface area contributed by atoms with Crippen LogP contribution in [0.15, 0.2) is 29.2 Å². The van der Waals surface area contributed by atoms with Crippen LogP contribution in [0.4, 0.5) is 0 Å². The van der Waals surface area contributed by atoms with Crippen molar-refractivity contribution in [2.45, 2.75) is 23.4 Å². The van der Waals surface area contributed by atoms with Gasteiger partial charge in [-0.25, -0.2) is 8.42 Å². The zero-order valence-electron chi connectivity index (χ0n) is 10.1. The van der Waals surface area contributed by atoms with Crippen molar-refractivity contribution in [2.75, 3.05) is 20.1 Å². The van der Waals surface area contributed by atoms with Gasteiger partial charge in [-0.2, -0.15) is 4.31 Å². The van der Waals surface area contributed by atoms with Gasteiger partial charge in [0.15, 0.2) is 0 Å². The second-order valence-corrected chi connectivity index (χ2v) is 8.15. The number of benzene rings is 1. The maximum atomic E-state index is 12.5. The van der Waals surface area contributed by atoms with Crippen molar-refractivity contribution in [3.63, 3.8) is 0 Å². The van der Waals surface area contributed by atoms with Crippen LogP contribution in [0.1, 0.15) is 6.42 Å². The molecule has 1 aromatic carbocycles. The largest absolute Gasteiger partial charge is 0.300 e. The third-order valence-corrected chi connectivity index (χ3v) is 6.54. The summed E-state index contributed by atoms with van der Waals surface area (Å²) in [7, 11) is -1.24. The van der Waals surface area contributed by atoms with E-state index in [1.807, 2.05) is 12.1 Å². The second kappa shape index (κ2) is 4.43. The molecular weight excluding hydrogens is 363 g/mol. The number of rotatable bonds is 2. The maximum Gasteiger partial charge on any atom is 0.243 e. The van der Waals surface area contributed by atoms with Crippen LogP contribution in [0, 0.1) is 3.57 Å². The number of halogens is 1. The Morgan fingerprint density at radius 3 is 2.33 bits per heavy atom. The number of sulfonamides is 1. The van der Waals surface area contributed by atoms with Gasteiger partial charge in [-0.1, -0.05) is 0 Å². The first-order chi connectivity index (χ1) is 8.48. The van der Waals surface area contributed by atoms with Crippen molar-refractivity contribution < 1.29 is 8.42 Å². The molecule has 2 heterocycles. The highest BCUT2D eigenvalue weighted by Gasteiger charge is 2.46. The van der Waals surface area contributed by atoms with Crippen LogP contribution < -0.4 is 0 Å². The Hall–Kier alpha value is -0.180. The molecule has 1 aromatic rings. The maximum absolute atomic E-state index is 12.5. The monoisotopic (exact) mass is 378 g/mol. The Morgan fingerprint density at radius 1 is 1.17 bits per heavy atom. The van der Waals surface area contributed by atoms with Gasteiger partial charge in [-0.3, -0.25) is 0 Å². The van der Waals surface area contributed by atoms with Crippen LogP contribution in [0.3, 0.4) is 0 Å². The van der Waals surface area contributed by atoms with Crippen molar-refractivity contribution in [3.05, 3.63) is 27.8 Å². The normalized spacial score (nSPS) is 29.0. The van der Waals surface area contributed by atoms with Crippen LogP contribution >= 0.6 is 22.6 Å². The first-order valence-corrected chi connectivity index (χ1v) is 8.48. The van der Waals surface area contributed by atoms with Crippen molar-refractivity contribution >= 4 is 32.6 Å². The zero-order chi connectivity index (χ0) is 12.9. The van der Waals surface area contributed by atoms with E-state index in [1.54, 1.807) is 16.4 Å². The number of fused-ring (bicyclic) bond motifs is 2. The Balaban J connectivity index is 1.90. The van der Waals surface area contributed by atoms with Crippen molar-refractivity contribution in [1.29, 1.82) is 0 Å². The van der Waals surface area contributed by atoms with E-state index in [1.165, 1.54) is 0 Å². The molecule has 2 bridgehead atoms. The Kier molecular flexibility index (Phi) is 3.16. The van der Waals surface area contributed by atoms with Gasteiger partial charge in [0.2, 0.25) is 10.0 Å². The van der Waals surface area contributed by atoms with Gasteiger partial charge in [0.25, 0.3) is 0 Å². The van der Waals surface area contributed by atoms with Gasteiger partial charge in [0.1, 0.15) is 0 Å². The lowest BCUT2D eigenvalue weighted by Crippen LogP contribution is -2.47. The van der Waals surface area contributed by atoms with Gasteiger partial charge in [0.05, 0.1) is 4.90 Å². The first-order valence-electron chi connectivity index (χ1n) is 5.96. The summed E-state index contributed by atoms with van der Waals surface area (Å²) in [6.45, 7) is 1.49. The smallest absolute Gasteiger partial charge is 0.243 e. The fourth-order valence-corrected chi connectivity index (χ4v) is 4.89. The standard InChI is InChI=1S/C12H15IN2O2S/c1-14-7-11-6-10(14)8-15(11)18(16,17)12-4-2-9(13)3-5-12/h2-5,10-11H,6-8H2,1H3. The van der Waals surface area contributed by atoms with Crippen molar-refractivity contribution in [2.24, 2.45) is 0 Å². The number of nitrogens with zero attached hydrogens (tertiary/aromatic N) is 2. The summed E-state index contributed by atoms with van der Waals surface area (Å²) in [6.07, 6.45) is 0.972. The van der Waals surface area contributed by atoms with E-state index in [0.29, 0.717) is 17.5 Å². The Bertz CT molecular complexity index is 556. The Labute approximate surface area is 121 Å². The van der Waals surface area contributed by atoms with Gasteiger partial charge >= 0.3 is 0 Å². The molecule has 6 heteroatoms. The van der Waals surface area contributed by atoms with Gasteiger partial charge < -0.3 is 4.90 Å². The number of likely N-dealkylation sites (tertiary alicyclic amines) is 1. The summed E-state index contributed by atoms with van der Waals surface area (Å²) in [4.78, 5) is 2.67. The molecule has 18 heavy (non-hydrogen) atoms. The summed E-state index contributed by atoms with van der Waals surface area (Å²) in [5, 5.41) is 0. The average Bonchev–Trinajstić information content (AvgIpc) is 2.88. The summed E-state index contributed by atoms with van der Waals surface area (Å²) in [5.74, 6) is 0. The third-order valence-electron chi connectivity index (χ3n) is 3.88. The third kappa shape index (κ3) is 1.99. The number of piperazine rings is 1. The van der Waals surface area contributed by atoms with E-state index in [0.717, 1.165) is 16.5 Å². The van der Waals surface area contributed by atoms with Crippen LogP contribution in [0.5, 0.6) is 0 Å². The minimum absolute atomic E-state index is 0.157. The predicted molar refractivity (Wildman–Crippen MR) is 77.9 cm³/mol. The lowest BCUT2D eigenvalue weighted by atomic mass is 10.2. The molecule has 2 saturated heterocycles. The average molecular weight is 378 g/mol. The topological polar surface area (TPSA) is 40.6 Å². The van der Waals surface area contributed by atoms with E-state index < -0.39 is 10.0 Å². The summed E-state index contributed by atoms with van der Waals surface area (Å²) >= 11 is 2.18. The highest BCUT2D eigenvalue weighted by atomic mass is 127. The quantitative estimate of drug-likeness (QED) is 0.730. The molecule has 0 aromatic heterocycles. The molecule has 0 saturated carbocycles. The SMILES string of the molecule is CN1CC2CC1CN2S(=O)(=O)c1ccc(I)cc1. The zero-order valence-corrected chi connectivity index (χ0v) is 13.1. The lowest BCUT2D eigenvalue weighted by Gasteiger charge is -2.31. The van der Waals surface area contributed by atoms with Crippen LogP contribution in [0.25, 0.3) is 0 Å². The molecule has 0 spiro atoms. The lowest BCUT2D eigenvalue weighted by molar-refractivity contribution is 0.216. The van der Waals surface area contributed by atoms with Crippen molar-refractivity contribution in [3.8, 4) is 0 Å². The van der Waals surface area contributed by atoms with Crippen LogP contribution in [0.2, 0.25) is 0 Å². The van der Waals surface area contributed by atoms with Crippen molar-refractivity contribution in [1.82, 2.24) is 9.21 Å². The van der Waals surface area contributed by atoms with Crippen LogP contribution in [-0.2, 0) is 10.0 Å². The molecule has 0 aliphatic carbocycles. The molecule has 2 atom stereocenters. The van der Waals surface area contributed by atoms with Gasteiger partial charge in [-0.05, 0) is 60.3 Å². The predicted octanol–water partition coefficient (Wildman–Crippen LogP) is 1.37. The van der Waals surface area contributed by atoms with E-state index in [9.17, 15) is 8.42 Å². The highest BCUT2D eigenvalue weighted by molar-refractivity contribution is 14.1. The first kappa shape index (κ1) is 12.8. The molecule has 2 aliphatic rings. The minimum atomic E-state index is -3.31. The molecule has 0 N–H and O–H groups in total.